The maximum Gasteiger partial charge on any atom is 0.240 e. The van der Waals surface area contributed by atoms with E-state index in [1.807, 2.05) is 27.7 Å². The Morgan fingerprint density at radius 3 is 2.23 bits per heavy atom. The molecule has 0 heterocycles. The van der Waals surface area contributed by atoms with Gasteiger partial charge >= 0.3 is 0 Å². The van der Waals surface area contributed by atoms with E-state index < -0.39 is 0 Å². The molecule has 0 unspecified atom stereocenters. The molecule has 1 rings (SSSR count). The summed E-state index contributed by atoms with van der Waals surface area (Å²) in [5.74, 6) is -0.0809. The first-order valence-corrected chi connectivity index (χ1v) is 8.10. The number of halogens is 2. The number of likely N-dealkylation sites (N-methyl/N-ethyl adjacent to an activating group) is 1. The molecule has 0 radical (unpaired) electrons. The Labute approximate surface area is 147 Å². The van der Waals surface area contributed by atoms with E-state index in [4.69, 9.17) is 35.4 Å². The van der Waals surface area contributed by atoms with Crippen LogP contribution < -0.4 is 10.6 Å². The second-order valence-electron chi connectivity index (χ2n) is 5.90. The Kier molecular flexibility index (Phi) is 6.91. The van der Waals surface area contributed by atoms with E-state index in [2.05, 4.69) is 10.6 Å². The number of anilines is 1. The summed E-state index contributed by atoms with van der Waals surface area (Å²) < 4.78 is 0. The number of hydrogen-bond donors (Lipinski definition) is 2. The molecule has 0 saturated heterocycles. The van der Waals surface area contributed by atoms with Crippen LogP contribution in [0.1, 0.15) is 27.7 Å². The second kappa shape index (κ2) is 7.99. The molecule has 0 fully saturated rings. The Hall–Kier alpha value is -1.04. The molecule has 0 atom stereocenters. The third-order valence-corrected chi connectivity index (χ3v) is 3.43. The molecule has 0 saturated carbocycles. The van der Waals surface area contributed by atoms with Gasteiger partial charge in [-0.25, -0.2) is 0 Å². The largest absolute Gasteiger partial charge is 0.350 e. The highest BCUT2D eigenvalue weighted by atomic mass is 35.5. The van der Waals surface area contributed by atoms with Gasteiger partial charge in [-0.1, -0.05) is 23.2 Å². The molecule has 0 bridgehead atoms. The van der Waals surface area contributed by atoms with Crippen molar-refractivity contribution in [1.82, 2.24) is 10.2 Å². The van der Waals surface area contributed by atoms with Crippen molar-refractivity contribution in [3.05, 3.63) is 28.2 Å². The standard InChI is InChI=1S/C15H21Cl2N3OS/c1-5-20(9-13(21)19-15(2,3)4)14(22)18-12-7-10(16)6-11(17)8-12/h6-8H,5,9H2,1-4H3,(H,18,22)(H,19,21). The molecule has 0 spiro atoms. The van der Waals surface area contributed by atoms with Crippen LogP contribution in [0.4, 0.5) is 5.69 Å². The first-order valence-electron chi connectivity index (χ1n) is 6.93. The maximum atomic E-state index is 12.0. The zero-order valence-electron chi connectivity index (χ0n) is 13.2. The summed E-state index contributed by atoms with van der Waals surface area (Å²) in [4.78, 5) is 13.8. The van der Waals surface area contributed by atoms with Crippen molar-refractivity contribution >= 4 is 52.1 Å². The molecule has 7 heteroatoms. The summed E-state index contributed by atoms with van der Waals surface area (Å²) in [5, 5.41) is 7.45. The summed E-state index contributed by atoms with van der Waals surface area (Å²) in [6.45, 7) is 8.54. The van der Waals surface area contributed by atoms with Gasteiger partial charge in [0.15, 0.2) is 5.11 Å². The smallest absolute Gasteiger partial charge is 0.240 e. The average Bonchev–Trinajstić information content (AvgIpc) is 2.32. The highest BCUT2D eigenvalue weighted by Crippen LogP contribution is 2.22. The van der Waals surface area contributed by atoms with Crippen molar-refractivity contribution in [1.29, 1.82) is 0 Å². The van der Waals surface area contributed by atoms with Crippen LogP contribution in [-0.2, 0) is 4.79 Å². The molecule has 0 aliphatic carbocycles. The predicted octanol–water partition coefficient (Wildman–Crippen LogP) is 3.93. The molecule has 1 aromatic rings. The van der Waals surface area contributed by atoms with Gasteiger partial charge in [0, 0.05) is 27.8 Å². The van der Waals surface area contributed by atoms with Crippen LogP contribution in [0.25, 0.3) is 0 Å². The van der Waals surface area contributed by atoms with E-state index in [1.54, 1.807) is 23.1 Å². The van der Waals surface area contributed by atoms with Crippen molar-refractivity contribution in [3.63, 3.8) is 0 Å². The minimum atomic E-state index is -0.272. The van der Waals surface area contributed by atoms with Crippen molar-refractivity contribution in [2.24, 2.45) is 0 Å². The van der Waals surface area contributed by atoms with Gasteiger partial charge in [-0.2, -0.15) is 0 Å². The summed E-state index contributed by atoms with van der Waals surface area (Å²) in [7, 11) is 0. The minimum absolute atomic E-state index is 0.0809. The quantitative estimate of drug-likeness (QED) is 0.797. The lowest BCUT2D eigenvalue weighted by atomic mass is 10.1. The number of carbonyl (C=O) groups excluding carboxylic acids is 1. The number of nitrogens with one attached hydrogen (secondary N) is 2. The van der Waals surface area contributed by atoms with Crippen molar-refractivity contribution in [2.45, 2.75) is 33.2 Å². The van der Waals surface area contributed by atoms with Gasteiger partial charge in [0.25, 0.3) is 0 Å². The number of carbonyl (C=O) groups is 1. The van der Waals surface area contributed by atoms with Crippen molar-refractivity contribution < 1.29 is 4.79 Å². The first kappa shape index (κ1) is 19.0. The minimum Gasteiger partial charge on any atom is -0.350 e. The fourth-order valence-electron chi connectivity index (χ4n) is 1.79. The highest BCUT2D eigenvalue weighted by Gasteiger charge is 2.17. The van der Waals surface area contributed by atoms with Crippen LogP contribution in [0, 0.1) is 0 Å². The summed E-state index contributed by atoms with van der Waals surface area (Å²) >= 11 is 17.3. The third kappa shape index (κ3) is 6.81. The molecule has 22 heavy (non-hydrogen) atoms. The number of thiocarbonyl (C=S) groups is 1. The van der Waals surface area contributed by atoms with Crippen LogP contribution in [0.15, 0.2) is 18.2 Å². The molecule has 1 amide bonds. The molecule has 1 aromatic carbocycles. The van der Waals surface area contributed by atoms with Gasteiger partial charge in [0.05, 0.1) is 6.54 Å². The number of nitrogens with zero attached hydrogens (tertiary/aromatic N) is 1. The van der Waals surface area contributed by atoms with Gasteiger partial charge in [-0.05, 0) is 58.1 Å². The van der Waals surface area contributed by atoms with Gasteiger partial charge in [-0.15, -0.1) is 0 Å². The summed E-state index contributed by atoms with van der Waals surface area (Å²) in [5.41, 5.74) is 0.420. The van der Waals surface area contributed by atoms with Gasteiger partial charge in [0.1, 0.15) is 0 Å². The molecular formula is C15H21Cl2N3OS. The molecule has 0 aliphatic heterocycles. The Balaban J connectivity index is 2.70. The average molecular weight is 362 g/mol. The topological polar surface area (TPSA) is 44.4 Å². The monoisotopic (exact) mass is 361 g/mol. The van der Waals surface area contributed by atoms with Gasteiger partial charge < -0.3 is 15.5 Å². The lowest BCUT2D eigenvalue weighted by molar-refractivity contribution is -0.122. The van der Waals surface area contributed by atoms with Crippen LogP contribution in [-0.4, -0.2) is 34.5 Å². The lowest BCUT2D eigenvalue weighted by Crippen LogP contribution is -2.48. The molecular weight excluding hydrogens is 341 g/mol. The van der Waals surface area contributed by atoms with E-state index in [0.717, 1.165) is 0 Å². The van der Waals surface area contributed by atoms with Crippen molar-refractivity contribution in [3.8, 4) is 0 Å². The molecule has 2 N–H and O–H groups in total. The van der Waals surface area contributed by atoms with Gasteiger partial charge in [0.2, 0.25) is 5.91 Å². The van der Waals surface area contributed by atoms with Gasteiger partial charge in [-0.3, -0.25) is 4.79 Å². The van der Waals surface area contributed by atoms with Crippen molar-refractivity contribution in [2.75, 3.05) is 18.4 Å². The highest BCUT2D eigenvalue weighted by molar-refractivity contribution is 7.80. The van der Waals surface area contributed by atoms with E-state index >= 15 is 0 Å². The van der Waals surface area contributed by atoms with Crippen LogP contribution in [0.2, 0.25) is 10.0 Å². The predicted molar refractivity (Wildman–Crippen MR) is 97.8 cm³/mol. The number of benzene rings is 1. The Bertz CT molecular complexity index is 538. The molecule has 4 nitrogen and oxygen atoms in total. The normalized spacial score (nSPS) is 11.0. The third-order valence-electron chi connectivity index (χ3n) is 2.63. The SMILES string of the molecule is CCN(CC(=O)NC(C)(C)C)C(=S)Nc1cc(Cl)cc(Cl)c1. The molecule has 0 aliphatic rings. The van der Waals surface area contributed by atoms with Crippen LogP contribution in [0.5, 0.6) is 0 Å². The lowest BCUT2D eigenvalue weighted by Gasteiger charge is -2.27. The number of amides is 1. The molecule has 122 valence electrons. The zero-order chi connectivity index (χ0) is 16.9. The Morgan fingerprint density at radius 2 is 1.77 bits per heavy atom. The summed E-state index contributed by atoms with van der Waals surface area (Å²) in [6.07, 6.45) is 0. The fourth-order valence-corrected chi connectivity index (χ4v) is 2.62. The second-order valence-corrected chi connectivity index (χ2v) is 7.16. The first-order chi connectivity index (χ1) is 10.1. The van der Waals surface area contributed by atoms with E-state index in [-0.39, 0.29) is 18.0 Å². The summed E-state index contributed by atoms with van der Waals surface area (Å²) in [6, 6.07) is 5.09. The number of hydrogen-bond acceptors (Lipinski definition) is 2. The Morgan fingerprint density at radius 1 is 1.23 bits per heavy atom. The number of rotatable bonds is 4. The van der Waals surface area contributed by atoms with Crippen LogP contribution >= 0.6 is 35.4 Å². The van der Waals surface area contributed by atoms with Crippen LogP contribution in [0.3, 0.4) is 0 Å². The fraction of sp³-hybridized carbons (Fsp3) is 0.467. The maximum absolute atomic E-state index is 12.0. The van der Waals surface area contributed by atoms with E-state index in [0.29, 0.717) is 27.4 Å². The zero-order valence-corrected chi connectivity index (χ0v) is 15.5. The van der Waals surface area contributed by atoms with E-state index in [9.17, 15) is 4.79 Å². The van der Waals surface area contributed by atoms with E-state index in [1.165, 1.54) is 0 Å². The molecule has 0 aromatic heterocycles.